The largest absolute Gasteiger partial charge is 0.336 e. The van der Waals surface area contributed by atoms with Crippen LogP contribution in [0.3, 0.4) is 0 Å². The summed E-state index contributed by atoms with van der Waals surface area (Å²) >= 11 is 5.49. The van der Waals surface area contributed by atoms with Gasteiger partial charge in [0.25, 0.3) is 0 Å². The van der Waals surface area contributed by atoms with Crippen LogP contribution in [0.5, 0.6) is 0 Å². The van der Waals surface area contributed by atoms with Crippen LogP contribution in [0, 0.1) is 0 Å². The molecule has 0 saturated heterocycles. The molecule has 12 heavy (non-hydrogen) atoms. The van der Waals surface area contributed by atoms with Gasteiger partial charge in [-0.2, -0.15) is 0 Å². The molecule has 0 aliphatic heterocycles. The van der Waals surface area contributed by atoms with Crippen molar-refractivity contribution in [2.75, 3.05) is 12.4 Å². The van der Waals surface area contributed by atoms with E-state index < -0.39 is 0 Å². The molecule has 0 spiro atoms. The van der Waals surface area contributed by atoms with Crippen molar-refractivity contribution in [1.82, 2.24) is 4.90 Å². The van der Waals surface area contributed by atoms with E-state index in [1.54, 1.807) is 6.08 Å². The van der Waals surface area contributed by atoms with Gasteiger partial charge in [-0.15, -0.1) is 18.2 Å². The second kappa shape index (κ2) is 4.51. The number of carbonyl (C=O) groups excluding carboxylic acids is 1. The van der Waals surface area contributed by atoms with Crippen molar-refractivity contribution in [3.8, 4) is 0 Å². The average Bonchev–Trinajstić information content (AvgIpc) is 2.83. The summed E-state index contributed by atoms with van der Waals surface area (Å²) in [6.45, 7) is 4.29. The number of alkyl halides is 1. The molecule has 0 N–H and O–H groups in total. The first-order valence-electron chi connectivity index (χ1n) is 4.26. The monoisotopic (exact) mass is 187 g/mol. The van der Waals surface area contributed by atoms with Crippen LogP contribution in [0.2, 0.25) is 0 Å². The summed E-state index contributed by atoms with van der Waals surface area (Å²) in [4.78, 5) is 13.3. The molecule has 2 nitrogen and oxygen atoms in total. The van der Waals surface area contributed by atoms with Gasteiger partial charge >= 0.3 is 0 Å². The lowest BCUT2D eigenvalue weighted by molar-refractivity contribution is -0.130. The van der Waals surface area contributed by atoms with Gasteiger partial charge in [0.1, 0.15) is 0 Å². The average molecular weight is 188 g/mol. The number of carbonyl (C=O) groups is 1. The Morgan fingerprint density at radius 3 is 2.75 bits per heavy atom. The highest BCUT2D eigenvalue weighted by Gasteiger charge is 2.30. The van der Waals surface area contributed by atoms with E-state index in [1.807, 2.05) is 4.90 Å². The van der Waals surface area contributed by atoms with E-state index >= 15 is 0 Å². The second-order valence-corrected chi connectivity index (χ2v) is 3.38. The van der Waals surface area contributed by atoms with Gasteiger partial charge < -0.3 is 4.90 Å². The van der Waals surface area contributed by atoms with E-state index in [1.165, 1.54) is 0 Å². The van der Waals surface area contributed by atoms with E-state index in [2.05, 4.69) is 6.58 Å². The predicted molar refractivity (Wildman–Crippen MR) is 50.3 cm³/mol. The number of hydrogen-bond donors (Lipinski definition) is 0. The van der Waals surface area contributed by atoms with E-state index in [4.69, 9.17) is 11.6 Å². The summed E-state index contributed by atoms with van der Waals surface area (Å²) in [6, 6.07) is 0.471. The lowest BCUT2D eigenvalue weighted by Crippen LogP contribution is -2.33. The lowest BCUT2D eigenvalue weighted by atomic mass is 10.3. The van der Waals surface area contributed by atoms with Gasteiger partial charge in [-0.3, -0.25) is 4.79 Å². The summed E-state index contributed by atoms with van der Waals surface area (Å²) < 4.78 is 0. The molecule has 0 heterocycles. The van der Waals surface area contributed by atoms with E-state index in [9.17, 15) is 4.79 Å². The zero-order chi connectivity index (χ0) is 8.97. The molecular formula is C9H14ClNO. The highest BCUT2D eigenvalue weighted by Crippen LogP contribution is 2.27. The molecule has 68 valence electrons. The van der Waals surface area contributed by atoms with Gasteiger partial charge in [0, 0.05) is 24.9 Å². The van der Waals surface area contributed by atoms with Crippen molar-refractivity contribution >= 4 is 17.5 Å². The Morgan fingerprint density at radius 1 is 1.67 bits per heavy atom. The highest BCUT2D eigenvalue weighted by atomic mass is 35.5. The first-order valence-corrected chi connectivity index (χ1v) is 4.79. The summed E-state index contributed by atoms with van der Waals surface area (Å²) in [6.07, 6.45) is 4.50. The summed E-state index contributed by atoms with van der Waals surface area (Å²) in [5.41, 5.74) is 0. The van der Waals surface area contributed by atoms with E-state index in [0.717, 1.165) is 12.8 Å². The van der Waals surface area contributed by atoms with Gasteiger partial charge in [-0.25, -0.2) is 0 Å². The fourth-order valence-corrected chi connectivity index (χ4v) is 1.37. The minimum atomic E-state index is 0.160. The van der Waals surface area contributed by atoms with Crippen LogP contribution in [0.4, 0.5) is 0 Å². The maximum Gasteiger partial charge on any atom is 0.224 e. The molecule has 1 rings (SSSR count). The highest BCUT2D eigenvalue weighted by molar-refractivity contribution is 6.18. The molecule has 3 heteroatoms. The van der Waals surface area contributed by atoms with Crippen molar-refractivity contribution in [3.63, 3.8) is 0 Å². The third-order valence-corrected chi connectivity index (χ3v) is 2.13. The van der Waals surface area contributed by atoms with Crippen LogP contribution in [-0.2, 0) is 4.79 Å². The van der Waals surface area contributed by atoms with Crippen LogP contribution in [-0.4, -0.2) is 29.3 Å². The maximum atomic E-state index is 11.4. The molecule has 0 unspecified atom stereocenters. The fraction of sp³-hybridized carbons (Fsp3) is 0.667. The molecule has 0 aromatic heterocycles. The molecule has 0 atom stereocenters. The van der Waals surface area contributed by atoms with Crippen molar-refractivity contribution in [1.29, 1.82) is 0 Å². The minimum Gasteiger partial charge on any atom is -0.336 e. The molecule has 0 aromatic rings. The van der Waals surface area contributed by atoms with Crippen LogP contribution in [0.25, 0.3) is 0 Å². The van der Waals surface area contributed by atoms with Crippen LogP contribution >= 0.6 is 11.6 Å². The van der Waals surface area contributed by atoms with Crippen LogP contribution < -0.4 is 0 Å². The third-order valence-electron chi connectivity index (χ3n) is 1.94. The van der Waals surface area contributed by atoms with Gasteiger partial charge in [-0.1, -0.05) is 6.08 Å². The molecule has 1 aliphatic rings. The van der Waals surface area contributed by atoms with E-state index in [-0.39, 0.29) is 5.91 Å². The number of halogens is 1. The minimum absolute atomic E-state index is 0.160. The third kappa shape index (κ3) is 2.52. The second-order valence-electron chi connectivity index (χ2n) is 3.00. The number of amides is 1. The molecule has 1 fully saturated rings. The van der Waals surface area contributed by atoms with Crippen molar-refractivity contribution in [2.45, 2.75) is 25.3 Å². The van der Waals surface area contributed by atoms with Gasteiger partial charge in [-0.05, 0) is 12.8 Å². The summed E-state index contributed by atoms with van der Waals surface area (Å²) in [5, 5.41) is 0. The quantitative estimate of drug-likeness (QED) is 0.475. The Bertz CT molecular complexity index is 177. The summed E-state index contributed by atoms with van der Waals surface area (Å²) in [5.74, 6) is 0.575. The topological polar surface area (TPSA) is 20.3 Å². The SMILES string of the molecule is C=CCN(C(=O)CCCl)C1CC1. The zero-order valence-electron chi connectivity index (χ0n) is 7.13. The molecule has 1 amide bonds. The van der Waals surface area contributed by atoms with Gasteiger partial charge in [0.05, 0.1) is 0 Å². The Hall–Kier alpha value is -0.500. The number of rotatable bonds is 5. The zero-order valence-corrected chi connectivity index (χ0v) is 7.89. The van der Waals surface area contributed by atoms with Crippen molar-refractivity contribution < 1.29 is 4.79 Å². The molecule has 0 aromatic carbocycles. The Balaban J connectivity index is 2.39. The Kier molecular flexibility index (Phi) is 3.60. The predicted octanol–water partition coefficient (Wildman–Crippen LogP) is 1.79. The smallest absolute Gasteiger partial charge is 0.224 e. The van der Waals surface area contributed by atoms with E-state index in [0.29, 0.717) is 24.9 Å². The number of nitrogens with zero attached hydrogens (tertiary/aromatic N) is 1. The molecule has 0 bridgehead atoms. The van der Waals surface area contributed by atoms with Crippen molar-refractivity contribution in [2.24, 2.45) is 0 Å². The Morgan fingerprint density at radius 2 is 2.33 bits per heavy atom. The summed E-state index contributed by atoms with van der Waals surface area (Å²) in [7, 11) is 0. The van der Waals surface area contributed by atoms with Crippen molar-refractivity contribution in [3.05, 3.63) is 12.7 Å². The fourth-order valence-electron chi connectivity index (χ4n) is 1.20. The van der Waals surface area contributed by atoms with Crippen LogP contribution in [0.15, 0.2) is 12.7 Å². The standard InChI is InChI=1S/C9H14ClNO/c1-2-7-11(8-3-4-8)9(12)5-6-10/h2,8H,1,3-7H2. The van der Waals surface area contributed by atoms with Gasteiger partial charge in [0.15, 0.2) is 0 Å². The molecule has 0 radical (unpaired) electrons. The molecule has 1 saturated carbocycles. The maximum absolute atomic E-state index is 11.4. The molecular weight excluding hydrogens is 174 g/mol. The normalized spacial score (nSPS) is 15.8. The van der Waals surface area contributed by atoms with Crippen LogP contribution in [0.1, 0.15) is 19.3 Å². The lowest BCUT2D eigenvalue weighted by Gasteiger charge is -2.19. The Labute approximate surface area is 78.2 Å². The van der Waals surface area contributed by atoms with Gasteiger partial charge in [0.2, 0.25) is 5.91 Å². The number of hydrogen-bond acceptors (Lipinski definition) is 1. The first kappa shape index (κ1) is 9.59. The first-order chi connectivity index (χ1) is 5.79. The molecule has 1 aliphatic carbocycles.